The summed E-state index contributed by atoms with van der Waals surface area (Å²) in [5, 5.41) is 0.806. The molecule has 1 aliphatic rings. The molecule has 0 atom stereocenters. The molecule has 0 aliphatic carbocycles. The maximum absolute atomic E-state index is 12.1. The molecule has 6 heteroatoms. The minimum Gasteiger partial charge on any atom is -0.462 e. The molecule has 1 aliphatic heterocycles. The highest BCUT2D eigenvalue weighted by molar-refractivity contribution is 7.11. The van der Waals surface area contributed by atoms with Crippen LogP contribution < -0.4 is 10.6 Å². The highest BCUT2D eigenvalue weighted by Crippen LogP contribution is 2.34. The smallest absolute Gasteiger partial charge is 0.345 e. The first-order chi connectivity index (χ1) is 10.2. The van der Waals surface area contributed by atoms with Gasteiger partial charge >= 0.3 is 5.97 Å². The number of benzene rings is 1. The summed E-state index contributed by atoms with van der Waals surface area (Å²) < 4.78 is 9.22. The Morgan fingerprint density at radius 2 is 2.19 bits per heavy atom. The number of rotatable bonds is 3. The zero-order valence-corrected chi connectivity index (χ0v) is 12.7. The van der Waals surface area contributed by atoms with Crippen LogP contribution in [0.1, 0.15) is 28.4 Å². The van der Waals surface area contributed by atoms with Crippen molar-refractivity contribution in [1.82, 2.24) is 4.37 Å². The lowest BCUT2D eigenvalue weighted by molar-refractivity contribution is 0.0528. The molecule has 0 spiro atoms. The highest BCUT2D eigenvalue weighted by Gasteiger charge is 2.26. The van der Waals surface area contributed by atoms with Crippen LogP contribution in [0.2, 0.25) is 0 Å². The van der Waals surface area contributed by atoms with Crippen molar-refractivity contribution in [3.05, 3.63) is 41.0 Å². The molecule has 0 amide bonds. The van der Waals surface area contributed by atoms with Gasteiger partial charge in [0.05, 0.1) is 6.61 Å². The normalized spacial score (nSPS) is 13.9. The number of nitrogen functional groups attached to an aromatic ring is 1. The molecular formula is C15H17N3O2S. The minimum atomic E-state index is -0.391. The topological polar surface area (TPSA) is 68.5 Å². The maximum Gasteiger partial charge on any atom is 0.345 e. The van der Waals surface area contributed by atoms with Gasteiger partial charge < -0.3 is 15.4 Å². The van der Waals surface area contributed by atoms with E-state index in [2.05, 4.69) is 27.5 Å². The average molecular weight is 303 g/mol. The first-order valence-corrected chi connectivity index (χ1v) is 7.72. The summed E-state index contributed by atoms with van der Waals surface area (Å²) >= 11 is 1.26. The zero-order chi connectivity index (χ0) is 14.8. The van der Waals surface area contributed by atoms with E-state index < -0.39 is 5.97 Å². The molecule has 0 saturated heterocycles. The fraction of sp³-hybridized carbons (Fsp3) is 0.333. The number of nitrogens with two attached hydrogens (primary N) is 1. The van der Waals surface area contributed by atoms with Crippen LogP contribution in [0.15, 0.2) is 24.3 Å². The third-order valence-electron chi connectivity index (χ3n) is 3.60. The number of ether oxygens (including phenoxy) is 1. The number of carbonyl (C=O) groups excluding carboxylic acids is 1. The van der Waals surface area contributed by atoms with E-state index in [0.717, 1.165) is 24.5 Å². The predicted molar refractivity (Wildman–Crippen MR) is 83.7 cm³/mol. The molecule has 0 bridgehead atoms. The van der Waals surface area contributed by atoms with Crippen LogP contribution in [0.25, 0.3) is 0 Å². The second-order valence-corrected chi connectivity index (χ2v) is 5.66. The molecule has 0 radical (unpaired) electrons. The van der Waals surface area contributed by atoms with Crippen molar-refractivity contribution in [3.63, 3.8) is 0 Å². The fourth-order valence-corrected chi connectivity index (χ4v) is 3.40. The van der Waals surface area contributed by atoms with Crippen molar-refractivity contribution in [2.45, 2.75) is 19.9 Å². The van der Waals surface area contributed by atoms with Crippen molar-refractivity contribution in [1.29, 1.82) is 0 Å². The minimum absolute atomic E-state index is 0.257. The summed E-state index contributed by atoms with van der Waals surface area (Å²) in [5.41, 5.74) is 8.90. The molecule has 2 aromatic rings. The van der Waals surface area contributed by atoms with Gasteiger partial charge in [-0.05, 0) is 36.0 Å². The Balaban J connectivity index is 1.91. The lowest BCUT2D eigenvalue weighted by Gasteiger charge is -2.29. The van der Waals surface area contributed by atoms with E-state index in [1.807, 2.05) is 6.07 Å². The number of aromatic nitrogens is 1. The molecule has 2 heterocycles. The van der Waals surface area contributed by atoms with Crippen LogP contribution in [-0.2, 0) is 17.7 Å². The Bertz CT molecular complexity index is 669. The third-order valence-corrected chi connectivity index (χ3v) is 4.52. The second-order valence-electron chi connectivity index (χ2n) is 4.91. The maximum atomic E-state index is 12.1. The molecule has 110 valence electrons. The van der Waals surface area contributed by atoms with Crippen molar-refractivity contribution < 1.29 is 9.53 Å². The highest BCUT2D eigenvalue weighted by atomic mass is 32.1. The van der Waals surface area contributed by atoms with E-state index in [1.165, 1.54) is 22.7 Å². The van der Waals surface area contributed by atoms with Gasteiger partial charge in [0.1, 0.15) is 10.6 Å². The van der Waals surface area contributed by atoms with E-state index in [1.54, 1.807) is 6.92 Å². The molecular weight excluding hydrogens is 286 g/mol. The Morgan fingerprint density at radius 3 is 2.95 bits per heavy atom. The van der Waals surface area contributed by atoms with Crippen molar-refractivity contribution in [2.75, 3.05) is 23.8 Å². The van der Waals surface area contributed by atoms with Crippen LogP contribution in [0.4, 0.5) is 10.8 Å². The largest absolute Gasteiger partial charge is 0.462 e. The average Bonchev–Trinajstić information content (AvgIpc) is 2.89. The molecule has 0 fully saturated rings. The Labute approximate surface area is 127 Å². The van der Waals surface area contributed by atoms with Gasteiger partial charge in [0.2, 0.25) is 0 Å². The van der Waals surface area contributed by atoms with Crippen molar-refractivity contribution >= 4 is 28.3 Å². The summed E-state index contributed by atoms with van der Waals surface area (Å²) in [7, 11) is 0. The Hall–Kier alpha value is -2.08. The zero-order valence-electron chi connectivity index (χ0n) is 11.8. The van der Waals surface area contributed by atoms with Crippen LogP contribution >= 0.6 is 11.5 Å². The second kappa shape index (κ2) is 5.73. The SMILES string of the molecule is CCOC(=O)c1c(N)nsc1N1CCc2ccccc2C1. The van der Waals surface area contributed by atoms with Crippen LogP contribution in [-0.4, -0.2) is 23.5 Å². The van der Waals surface area contributed by atoms with E-state index >= 15 is 0 Å². The summed E-state index contributed by atoms with van der Waals surface area (Å²) in [6.07, 6.45) is 0.955. The van der Waals surface area contributed by atoms with Gasteiger partial charge in [0.25, 0.3) is 0 Å². The standard InChI is InChI=1S/C15H17N3O2S/c1-2-20-15(19)12-13(16)17-21-14(12)18-8-7-10-5-3-4-6-11(10)9-18/h3-6H,2,7-9H2,1H3,(H2,16,17). The molecule has 21 heavy (non-hydrogen) atoms. The van der Waals surface area contributed by atoms with E-state index in [0.29, 0.717) is 12.2 Å². The summed E-state index contributed by atoms with van der Waals surface area (Å²) in [5.74, 6) is -0.134. The van der Waals surface area contributed by atoms with Crippen LogP contribution in [0.3, 0.4) is 0 Å². The van der Waals surface area contributed by atoms with Gasteiger partial charge in [-0.15, -0.1) is 0 Å². The van der Waals surface area contributed by atoms with Gasteiger partial charge in [0, 0.05) is 13.1 Å². The van der Waals surface area contributed by atoms with Crippen molar-refractivity contribution in [2.24, 2.45) is 0 Å². The lowest BCUT2D eigenvalue weighted by atomic mass is 10.00. The van der Waals surface area contributed by atoms with Crippen LogP contribution in [0, 0.1) is 0 Å². The molecule has 5 nitrogen and oxygen atoms in total. The molecule has 1 aromatic carbocycles. The number of anilines is 2. The number of fused-ring (bicyclic) bond motifs is 1. The quantitative estimate of drug-likeness (QED) is 0.882. The fourth-order valence-electron chi connectivity index (χ4n) is 2.57. The molecule has 1 aromatic heterocycles. The summed E-state index contributed by atoms with van der Waals surface area (Å²) in [6.45, 7) is 3.73. The van der Waals surface area contributed by atoms with Crippen molar-refractivity contribution in [3.8, 4) is 0 Å². The molecule has 0 unspecified atom stereocenters. The summed E-state index contributed by atoms with van der Waals surface area (Å²) in [6, 6.07) is 8.37. The van der Waals surface area contributed by atoms with E-state index in [9.17, 15) is 4.79 Å². The lowest BCUT2D eigenvalue weighted by Crippen LogP contribution is -2.30. The van der Waals surface area contributed by atoms with Gasteiger partial charge in [-0.25, -0.2) is 4.79 Å². The van der Waals surface area contributed by atoms with E-state index in [4.69, 9.17) is 10.5 Å². The third kappa shape index (κ3) is 2.58. The van der Waals surface area contributed by atoms with Crippen LogP contribution in [0.5, 0.6) is 0 Å². The van der Waals surface area contributed by atoms with Gasteiger partial charge in [-0.1, -0.05) is 24.3 Å². The first kappa shape index (κ1) is 13.9. The van der Waals surface area contributed by atoms with Gasteiger partial charge in [0.15, 0.2) is 5.82 Å². The van der Waals surface area contributed by atoms with Gasteiger partial charge in [-0.2, -0.15) is 4.37 Å². The Kier molecular flexibility index (Phi) is 3.79. The number of hydrogen-bond acceptors (Lipinski definition) is 6. The number of carbonyl (C=O) groups is 1. The first-order valence-electron chi connectivity index (χ1n) is 6.94. The molecule has 2 N–H and O–H groups in total. The van der Waals surface area contributed by atoms with Gasteiger partial charge in [-0.3, -0.25) is 0 Å². The monoisotopic (exact) mass is 303 g/mol. The molecule has 0 saturated carbocycles. The predicted octanol–water partition coefficient (Wildman–Crippen LogP) is 2.46. The number of hydrogen-bond donors (Lipinski definition) is 1. The Morgan fingerprint density at radius 1 is 1.43 bits per heavy atom. The number of nitrogens with zero attached hydrogens (tertiary/aromatic N) is 2. The molecule has 3 rings (SSSR count). The number of esters is 1. The van der Waals surface area contributed by atoms with E-state index in [-0.39, 0.29) is 5.82 Å². The summed E-state index contributed by atoms with van der Waals surface area (Å²) in [4.78, 5) is 14.2.